The monoisotopic (exact) mass is 325 g/mol. The minimum Gasteiger partial charge on any atom is -0.497 e. The van der Waals surface area contributed by atoms with Crippen LogP contribution >= 0.6 is 0 Å². The molecule has 0 aliphatic heterocycles. The molecule has 0 unspecified atom stereocenters. The van der Waals surface area contributed by atoms with E-state index in [-0.39, 0.29) is 5.91 Å². The molecular formula is C19H23N3O2. The number of ether oxygens (including phenoxy) is 1. The number of amides is 1. The Balaban J connectivity index is 1.97. The number of hydrogen-bond acceptors (Lipinski definition) is 4. The molecule has 0 bridgehead atoms. The average Bonchev–Trinajstić information content (AvgIpc) is 2.64. The fourth-order valence-electron chi connectivity index (χ4n) is 2.35. The van der Waals surface area contributed by atoms with Gasteiger partial charge < -0.3 is 9.64 Å². The fraction of sp³-hybridized carbons (Fsp3) is 0.263. The zero-order chi connectivity index (χ0) is 17.4. The highest BCUT2D eigenvalue weighted by molar-refractivity contribution is 5.95. The Hall–Kier alpha value is -2.82. The van der Waals surface area contributed by atoms with Crippen LogP contribution in [0.5, 0.6) is 5.75 Å². The molecule has 0 spiro atoms. The van der Waals surface area contributed by atoms with E-state index in [1.807, 2.05) is 12.1 Å². The van der Waals surface area contributed by atoms with Gasteiger partial charge in [0.05, 0.1) is 13.3 Å². The molecule has 0 saturated heterocycles. The molecule has 126 valence electrons. The van der Waals surface area contributed by atoms with Crippen molar-refractivity contribution >= 4 is 17.8 Å². The minimum absolute atomic E-state index is 0.273. The highest BCUT2D eigenvalue weighted by Crippen LogP contribution is 2.14. The Morgan fingerprint density at radius 3 is 2.50 bits per heavy atom. The maximum atomic E-state index is 12.0. The second-order valence-electron chi connectivity index (χ2n) is 5.19. The van der Waals surface area contributed by atoms with Crippen molar-refractivity contribution in [1.82, 2.24) is 5.43 Å². The van der Waals surface area contributed by atoms with Crippen LogP contribution in [0.15, 0.2) is 53.6 Å². The lowest BCUT2D eigenvalue weighted by atomic mass is 10.2. The summed E-state index contributed by atoms with van der Waals surface area (Å²) in [6, 6.07) is 15.0. The SMILES string of the molecule is CCN(CC)c1ccc(/C=N/NC(=O)c2cccc(OC)c2)cc1. The summed E-state index contributed by atoms with van der Waals surface area (Å²) in [5, 5.41) is 4.01. The molecule has 0 heterocycles. The van der Waals surface area contributed by atoms with Gasteiger partial charge in [-0.3, -0.25) is 4.79 Å². The summed E-state index contributed by atoms with van der Waals surface area (Å²) in [6.45, 7) is 6.21. The lowest BCUT2D eigenvalue weighted by Gasteiger charge is -2.20. The minimum atomic E-state index is -0.273. The molecule has 1 amide bonds. The highest BCUT2D eigenvalue weighted by atomic mass is 16.5. The molecule has 5 heteroatoms. The molecule has 5 nitrogen and oxygen atoms in total. The first-order valence-electron chi connectivity index (χ1n) is 8.00. The van der Waals surface area contributed by atoms with Gasteiger partial charge in [0.1, 0.15) is 5.75 Å². The zero-order valence-corrected chi connectivity index (χ0v) is 14.3. The number of rotatable bonds is 7. The third-order valence-electron chi connectivity index (χ3n) is 3.73. The number of hydrogen-bond donors (Lipinski definition) is 1. The third kappa shape index (κ3) is 4.59. The normalized spacial score (nSPS) is 10.6. The number of nitrogens with one attached hydrogen (secondary N) is 1. The Morgan fingerprint density at radius 2 is 1.88 bits per heavy atom. The maximum absolute atomic E-state index is 12.0. The molecule has 24 heavy (non-hydrogen) atoms. The van der Waals surface area contributed by atoms with Gasteiger partial charge in [0.15, 0.2) is 0 Å². The van der Waals surface area contributed by atoms with E-state index in [4.69, 9.17) is 4.74 Å². The molecule has 0 saturated carbocycles. The second-order valence-corrected chi connectivity index (χ2v) is 5.19. The van der Waals surface area contributed by atoms with Gasteiger partial charge in [-0.25, -0.2) is 5.43 Å². The number of carbonyl (C=O) groups excluding carboxylic acids is 1. The lowest BCUT2D eigenvalue weighted by molar-refractivity contribution is 0.0955. The van der Waals surface area contributed by atoms with Crippen molar-refractivity contribution in [2.45, 2.75) is 13.8 Å². The number of methoxy groups -OCH3 is 1. The van der Waals surface area contributed by atoms with Gasteiger partial charge in [-0.2, -0.15) is 5.10 Å². The first kappa shape index (κ1) is 17.5. The summed E-state index contributed by atoms with van der Waals surface area (Å²) in [4.78, 5) is 14.3. The molecule has 1 N–H and O–H groups in total. The van der Waals surface area contributed by atoms with E-state index in [1.165, 1.54) is 5.69 Å². The molecule has 2 aromatic rings. The van der Waals surface area contributed by atoms with Crippen LogP contribution in [0, 0.1) is 0 Å². The van der Waals surface area contributed by atoms with Crippen LogP contribution in [0.4, 0.5) is 5.69 Å². The van der Waals surface area contributed by atoms with Gasteiger partial charge in [-0.05, 0) is 49.7 Å². The number of carbonyl (C=O) groups is 1. The third-order valence-corrected chi connectivity index (χ3v) is 3.73. The van der Waals surface area contributed by atoms with E-state index in [0.29, 0.717) is 11.3 Å². The van der Waals surface area contributed by atoms with Crippen LogP contribution in [-0.2, 0) is 0 Å². The topological polar surface area (TPSA) is 53.9 Å². The maximum Gasteiger partial charge on any atom is 0.271 e. The number of benzene rings is 2. The molecule has 0 radical (unpaired) electrons. The number of anilines is 1. The van der Waals surface area contributed by atoms with Gasteiger partial charge in [-0.1, -0.05) is 18.2 Å². The first-order valence-corrected chi connectivity index (χ1v) is 8.00. The van der Waals surface area contributed by atoms with Crippen molar-refractivity contribution in [3.8, 4) is 5.75 Å². The van der Waals surface area contributed by atoms with Gasteiger partial charge in [0.25, 0.3) is 5.91 Å². The summed E-state index contributed by atoms with van der Waals surface area (Å²) < 4.78 is 5.11. The van der Waals surface area contributed by atoms with E-state index in [1.54, 1.807) is 37.6 Å². The Labute approximate surface area is 142 Å². The number of hydrazone groups is 1. The Kier molecular flexibility index (Phi) is 6.37. The molecule has 2 aromatic carbocycles. The summed E-state index contributed by atoms with van der Waals surface area (Å²) in [7, 11) is 1.57. The highest BCUT2D eigenvalue weighted by Gasteiger charge is 2.05. The van der Waals surface area contributed by atoms with Crippen molar-refractivity contribution in [1.29, 1.82) is 0 Å². The van der Waals surface area contributed by atoms with Crippen LogP contribution in [0.3, 0.4) is 0 Å². The Morgan fingerprint density at radius 1 is 1.17 bits per heavy atom. The van der Waals surface area contributed by atoms with Crippen LogP contribution < -0.4 is 15.1 Å². The van der Waals surface area contributed by atoms with E-state index >= 15 is 0 Å². The summed E-state index contributed by atoms with van der Waals surface area (Å²) in [6.07, 6.45) is 1.63. The van der Waals surface area contributed by atoms with Crippen LogP contribution in [0.2, 0.25) is 0 Å². The molecular weight excluding hydrogens is 302 g/mol. The smallest absolute Gasteiger partial charge is 0.271 e. The molecule has 0 fully saturated rings. The first-order chi connectivity index (χ1) is 11.7. The van der Waals surface area contributed by atoms with E-state index in [9.17, 15) is 4.79 Å². The van der Waals surface area contributed by atoms with Crippen molar-refractivity contribution in [2.24, 2.45) is 5.10 Å². The fourth-order valence-corrected chi connectivity index (χ4v) is 2.35. The molecule has 0 atom stereocenters. The standard InChI is InChI=1S/C19H23N3O2/c1-4-22(5-2)17-11-9-15(10-12-17)14-20-21-19(23)16-7-6-8-18(13-16)24-3/h6-14H,4-5H2,1-3H3,(H,21,23)/b20-14+. The number of nitrogens with zero attached hydrogens (tertiary/aromatic N) is 2. The van der Waals surface area contributed by atoms with Gasteiger partial charge in [-0.15, -0.1) is 0 Å². The van der Waals surface area contributed by atoms with Crippen molar-refractivity contribution in [3.63, 3.8) is 0 Å². The molecule has 2 rings (SSSR count). The van der Waals surface area contributed by atoms with E-state index < -0.39 is 0 Å². The van der Waals surface area contributed by atoms with Gasteiger partial charge in [0, 0.05) is 24.3 Å². The predicted molar refractivity (Wildman–Crippen MR) is 98.1 cm³/mol. The second kappa shape index (κ2) is 8.72. The predicted octanol–water partition coefficient (Wildman–Crippen LogP) is 3.31. The molecule has 0 aliphatic rings. The molecule has 0 aromatic heterocycles. The van der Waals surface area contributed by atoms with Gasteiger partial charge >= 0.3 is 0 Å². The largest absolute Gasteiger partial charge is 0.497 e. The van der Waals surface area contributed by atoms with E-state index in [2.05, 4.69) is 41.4 Å². The van der Waals surface area contributed by atoms with Crippen molar-refractivity contribution in [2.75, 3.05) is 25.1 Å². The average molecular weight is 325 g/mol. The zero-order valence-electron chi connectivity index (χ0n) is 14.3. The summed E-state index contributed by atoms with van der Waals surface area (Å²) in [5.74, 6) is 0.364. The van der Waals surface area contributed by atoms with E-state index in [0.717, 1.165) is 18.7 Å². The quantitative estimate of drug-likeness (QED) is 0.628. The van der Waals surface area contributed by atoms with Crippen molar-refractivity contribution in [3.05, 3.63) is 59.7 Å². The molecule has 0 aliphatic carbocycles. The summed E-state index contributed by atoms with van der Waals surface area (Å²) >= 11 is 0. The van der Waals surface area contributed by atoms with Crippen LogP contribution in [0.25, 0.3) is 0 Å². The van der Waals surface area contributed by atoms with Crippen LogP contribution in [-0.4, -0.2) is 32.3 Å². The van der Waals surface area contributed by atoms with Crippen LogP contribution in [0.1, 0.15) is 29.8 Å². The summed E-state index contributed by atoms with van der Waals surface area (Å²) in [5.41, 5.74) is 5.13. The lowest BCUT2D eigenvalue weighted by Crippen LogP contribution is -2.21. The van der Waals surface area contributed by atoms with Gasteiger partial charge in [0.2, 0.25) is 0 Å². The van der Waals surface area contributed by atoms with Crippen molar-refractivity contribution < 1.29 is 9.53 Å². The Bertz CT molecular complexity index is 692.